The van der Waals surface area contributed by atoms with Gasteiger partial charge in [-0.1, -0.05) is 18.6 Å². The van der Waals surface area contributed by atoms with Crippen molar-refractivity contribution in [3.63, 3.8) is 0 Å². The molecule has 1 N–H and O–H groups in total. The van der Waals surface area contributed by atoms with Crippen LogP contribution in [0.15, 0.2) is 11.6 Å². The van der Waals surface area contributed by atoms with Crippen LogP contribution in [0.1, 0.15) is 20.3 Å². The Morgan fingerprint density at radius 2 is 2.10 bits per heavy atom. The highest BCUT2D eigenvalue weighted by Gasteiger charge is 2.03. The predicted molar refractivity (Wildman–Crippen MR) is 40.5 cm³/mol. The molecule has 0 aliphatic rings. The fourth-order valence-corrected chi connectivity index (χ4v) is 1.39. The first kappa shape index (κ1) is 9.65. The summed E-state index contributed by atoms with van der Waals surface area (Å²) >= 11 is 0. The molecule has 10 heavy (non-hydrogen) atoms. The van der Waals surface area contributed by atoms with Crippen LogP contribution in [0.25, 0.3) is 0 Å². The Labute approximate surface area is 61.5 Å². The van der Waals surface area contributed by atoms with Gasteiger partial charge in [-0.05, 0) is 13.3 Å². The Morgan fingerprint density at radius 3 is 2.40 bits per heavy atom. The summed E-state index contributed by atoms with van der Waals surface area (Å²) in [5, 5.41) is 0. The van der Waals surface area contributed by atoms with Gasteiger partial charge in [-0.3, -0.25) is 4.55 Å². The highest BCUT2D eigenvalue weighted by atomic mass is 32.2. The fraction of sp³-hybridized carbons (Fsp3) is 0.667. The van der Waals surface area contributed by atoms with E-state index in [1.165, 1.54) is 0 Å². The average Bonchev–Trinajstić information content (AvgIpc) is 1.59. The largest absolute Gasteiger partial charge is 0.285 e. The normalized spacial score (nSPS) is 13.7. The van der Waals surface area contributed by atoms with Crippen molar-refractivity contribution in [3.8, 4) is 0 Å². The lowest BCUT2D eigenvalue weighted by molar-refractivity contribution is 0.486. The monoisotopic (exact) mass is 164 g/mol. The van der Waals surface area contributed by atoms with E-state index in [9.17, 15) is 8.42 Å². The summed E-state index contributed by atoms with van der Waals surface area (Å²) in [6.07, 6.45) is 2.56. The zero-order chi connectivity index (χ0) is 8.20. The molecule has 0 saturated carbocycles. The summed E-state index contributed by atoms with van der Waals surface area (Å²) in [5.41, 5.74) is 0.685. The molecule has 0 bridgehead atoms. The van der Waals surface area contributed by atoms with Crippen LogP contribution in [0.4, 0.5) is 0 Å². The maximum absolute atomic E-state index is 10.2. The standard InChI is InChI=1S/C6H12O3S/c1-3-4-6(2)5-10(7,8)9/h4H,3,5H2,1-2H3,(H,7,8,9). The Morgan fingerprint density at radius 1 is 1.60 bits per heavy atom. The molecular weight excluding hydrogens is 152 g/mol. The van der Waals surface area contributed by atoms with Crippen LogP contribution < -0.4 is 0 Å². The van der Waals surface area contributed by atoms with E-state index in [0.717, 1.165) is 6.42 Å². The molecule has 0 aromatic heterocycles. The summed E-state index contributed by atoms with van der Waals surface area (Å²) < 4.78 is 28.8. The van der Waals surface area contributed by atoms with Crippen molar-refractivity contribution in [1.29, 1.82) is 0 Å². The zero-order valence-corrected chi connectivity index (χ0v) is 6.98. The van der Waals surface area contributed by atoms with Crippen LogP contribution in [0.5, 0.6) is 0 Å². The molecule has 0 radical (unpaired) electrons. The van der Waals surface area contributed by atoms with E-state index in [0.29, 0.717) is 5.57 Å². The summed E-state index contributed by atoms with van der Waals surface area (Å²) in [6, 6.07) is 0. The van der Waals surface area contributed by atoms with Gasteiger partial charge in [0, 0.05) is 0 Å². The lowest BCUT2D eigenvalue weighted by Crippen LogP contribution is -2.04. The van der Waals surface area contributed by atoms with Crippen molar-refractivity contribution < 1.29 is 13.0 Å². The summed E-state index contributed by atoms with van der Waals surface area (Å²) in [6.45, 7) is 3.59. The molecule has 0 fully saturated rings. The zero-order valence-electron chi connectivity index (χ0n) is 6.16. The van der Waals surface area contributed by atoms with Crippen LogP contribution in [-0.4, -0.2) is 18.7 Å². The SMILES string of the molecule is CCC=C(C)CS(=O)(=O)O. The molecule has 0 spiro atoms. The fourth-order valence-electron chi connectivity index (χ4n) is 0.695. The number of hydrogen-bond acceptors (Lipinski definition) is 2. The van der Waals surface area contributed by atoms with Crippen LogP contribution >= 0.6 is 0 Å². The minimum absolute atomic E-state index is 0.249. The number of hydrogen-bond donors (Lipinski definition) is 1. The van der Waals surface area contributed by atoms with Crippen molar-refractivity contribution >= 4 is 10.1 Å². The van der Waals surface area contributed by atoms with Gasteiger partial charge in [0.05, 0.1) is 5.75 Å². The van der Waals surface area contributed by atoms with Gasteiger partial charge in [0.1, 0.15) is 0 Å². The molecular formula is C6H12O3S. The Balaban J connectivity index is 4.05. The first-order valence-electron chi connectivity index (χ1n) is 3.06. The molecule has 0 aliphatic heterocycles. The molecule has 0 atom stereocenters. The van der Waals surface area contributed by atoms with Gasteiger partial charge >= 0.3 is 0 Å². The number of rotatable bonds is 3. The molecule has 0 unspecified atom stereocenters. The smallest absolute Gasteiger partial charge is 0.268 e. The van der Waals surface area contributed by atoms with Gasteiger partial charge < -0.3 is 0 Å². The third kappa shape index (κ3) is 5.78. The molecule has 60 valence electrons. The Hall–Kier alpha value is -0.350. The molecule has 4 heteroatoms. The van der Waals surface area contributed by atoms with Gasteiger partial charge in [-0.25, -0.2) is 0 Å². The van der Waals surface area contributed by atoms with Crippen molar-refractivity contribution in [2.45, 2.75) is 20.3 Å². The lowest BCUT2D eigenvalue weighted by Gasteiger charge is -1.95. The highest BCUT2D eigenvalue weighted by molar-refractivity contribution is 7.85. The van der Waals surface area contributed by atoms with Gasteiger partial charge in [-0.2, -0.15) is 8.42 Å². The van der Waals surface area contributed by atoms with Crippen molar-refractivity contribution in [2.75, 3.05) is 5.75 Å². The highest BCUT2D eigenvalue weighted by Crippen LogP contribution is 1.98. The van der Waals surface area contributed by atoms with Crippen molar-refractivity contribution in [2.24, 2.45) is 0 Å². The van der Waals surface area contributed by atoms with Crippen LogP contribution in [-0.2, 0) is 10.1 Å². The minimum Gasteiger partial charge on any atom is -0.285 e. The summed E-state index contributed by atoms with van der Waals surface area (Å²) in [5.74, 6) is -0.249. The molecule has 0 rings (SSSR count). The molecule has 0 aromatic rings. The quantitative estimate of drug-likeness (QED) is 0.504. The first-order valence-corrected chi connectivity index (χ1v) is 4.67. The van der Waals surface area contributed by atoms with E-state index >= 15 is 0 Å². The van der Waals surface area contributed by atoms with Crippen LogP contribution in [0, 0.1) is 0 Å². The lowest BCUT2D eigenvalue weighted by atomic mass is 10.3. The molecule has 3 nitrogen and oxygen atoms in total. The predicted octanol–water partition coefficient (Wildman–Crippen LogP) is 1.23. The van der Waals surface area contributed by atoms with E-state index in [2.05, 4.69) is 0 Å². The van der Waals surface area contributed by atoms with Crippen molar-refractivity contribution in [1.82, 2.24) is 0 Å². The van der Waals surface area contributed by atoms with Crippen LogP contribution in [0.2, 0.25) is 0 Å². The van der Waals surface area contributed by atoms with Gasteiger partial charge in [0.15, 0.2) is 0 Å². The molecule has 0 heterocycles. The van der Waals surface area contributed by atoms with E-state index in [1.807, 2.05) is 6.92 Å². The van der Waals surface area contributed by atoms with Crippen molar-refractivity contribution in [3.05, 3.63) is 11.6 Å². The van der Waals surface area contributed by atoms with Gasteiger partial charge in [-0.15, -0.1) is 0 Å². The topological polar surface area (TPSA) is 54.4 Å². The average molecular weight is 164 g/mol. The van der Waals surface area contributed by atoms with E-state index < -0.39 is 10.1 Å². The Kier molecular flexibility index (Phi) is 3.60. The second-order valence-electron chi connectivity index (χ2n) is 2.18. The third-order valence-corrected chi connectivity index (χ3v) is 1.78. The third-order valence-electron chi connectivity index (χ3n) is 0.963. The maximum Gasteiger partial charge on any atom is 0.268 e. The van der Waals surface area contributed by atoms with E-state index in [1.54, 1.807) is 13.0 Å². The molecule has 0 aliphatic carbocycles. The van der Waals surface area contributed by atoms with Gasteiger partial charge in [0.2, 0.25) is 0 Å². The van der Waals surface area contributed by atoms with Gasteiger partial charge in [0.25, 0.3) is 10.1 Å². The minimum atomic E-state index is -3.81. The number of allylic oxidation sites excluding steroid dienone is 1. The molecule has 0 saturated heterocycles. The molecule has 0 aromatic carbocycles. The summed E-state index contributed by atoms with van der Waals surface area (Å²) in [7, 11) is -3.81. The van der Waals surface area contributed by atoms with Crippen LogP contribution in [0.3, 0.4) is 0 Å². The van der Waals surface area contributed by atoms with E-state index in [-0.39, 0.29) is 5.75 Å². The second kappa shape index (κ2) is 3.73. The maximum atomic E-state index is 10.2. The van der Waals surface area contributed by atoms with E-state index in [4.69, 9.17) is 4.55 Å². The second-order valence-corrected chi connectivity index (χ2v) is 3.64. The summed E-state index contributed by atoms with van der Waals surface area (Å²) in [4.78, 5) is 0. The Bertz CT molecular complexity index is 213. The molecule has 0 amide bonds. The first-order chi connectivity index (χ1) is 4.45.